The summed E-state index contributed by atoms with van der Waals surface area (Å²) in [5.74, 6) is -1.75. The van der Waals surface area contributed by atoms with Crippen LogP contribution in [0.3, 0.4) is 0 Å². The number of amides is 2. The van der Waals surface area contributed by atoms with E-state index in [1.807, 2.05) is 31.2 Å². The van der Waals surface area contributed by atoms with Gasteiger partial charge in [-0.05, 0) is 49.7 Å². The fourth-order valence-electron chi connectivity index (χ4n) is 4.17. The van der Waals surface area contributed by atoms with Gasteiger partial charge in [0.1, 0.15) is 11.4 Å². The SMILES string of the molecule is Cc1ccc(CNC(=O)C2(C)CN(S(=O)(=O)c3ccccc3)CC(=O)N2c2cccc(F)c2)cc1. The van der Waals surface area contributed by atoms with Crippen LogP contribution in [0.1, 0.15) is 18.1 Å². The van der Waals surface area contributed by atoms with Gasteiger partial charge in [0.15, 0.2) is 0 Å². The van der Waals surface area contributed by atoms with E-state index in [0.717, 1.165) is 21.5 Å². The molecule has 3 aromatic rings. The number of halogens is 1. The molecule has 1 N–H and O–H groups in total. The fraction of sp³-hybridized carbons (Fsp3) is 0.231. The van der Waals surface area contributed by atoms with E-state index in [2.05, 4.69) is 5.32 Å². The third-order valence-corrected chi connectivity index (χ3v) is 7.85. The standard InChI is InChI=1S/C26H26FN3O4S/c1-19-11-13-20(14-12-19)16-28-25(32)26(2)18-29(35(33,34)23-9-4-3-5-10-23)17-24(31)30(26)22-8-6-7-21(27)15-22/h3-15H,16-18H2,1-2H3,(H,28,32). The number of benzene rings is 3. The van der Waals surface area contributed by atoms with E-state index in [1.165, 1.54) is 42.2 Å². The average molecular weight is 496 g/mol. The van der Waals surface area contributed by atoms with E-state index in [1.54, 1.807) is 18.2 Å². The number of hydrogen-bond acceptors (Lipinski definition) is 4. The first-order valence-electron chi connectivity index (χ1n) is 11.1. The summed E-state index contributed by atoms with van der Waals surface area (Å²) in [6.45, 7) is 2.86. The quantitative estimate of drug-likeness (QED) is 0.569. The predicted molar refractivity (Wildman–Crippen MR) is 131 cm³/mol. The molecule has 7 nitrogen and oxygen atoms in total. The zero-order valence-electron chi connectivity index (χ0n) is 19.4. The molecule has 0 aromatic heterocycles. The van der Waals surface area contributed by atoms with Crippen LogP contribution in [0.25, 0.3) is 0 Å². The van der Waals surface area contributed by atoms with Gasteiger partial charge in [-0.15, -0.1) is 0 Å². The summed E-state index contributed by atoms with van der Waals surface area (Å²) in [6, 6.07) is 20.7. The molecule has 2 amide bonds. The molecule has 1 heterocycles. The van der Waals surface area contributed by atoms with Gasteiger partial charge in [-0.2, -0.15) is 4.31 Å². The minimum absolute atomic E-state index is 0.0226. The molecule has 1 aliphatic rings. The second-order valence-electron chi connectivity index (χ2n) is 8.74. The van der Waals surface area contributed by atoms with Crippen LogP contribution in [0.2, 0.25) is 0 Å². The van der Waals surface area contributed by atoms with Crippen LogP contribution in [-0.4, -0.2) is 43.2 Å². The van der Waals surface area contributed by atoms with E-state index < -0.39 is 39.7 Å². The largest absolute Gasteiger partial charge is 0.350 e. The van der Waals surface area contributed by atoms with Crippen molar-refractivity contribution in [1.82, 2.24) is 9.62 Å². The first-order valence-corrected chi connectivity index (χ1v) is 12.5. The lowest BCUT2D eigenvalue weighted by atomic mass is 9.94. The monoisotopic (exact) mass is 495 g/mol. The molecule has 4 rings (SSSR count). The lowest BCUT2D eigenvalue weighted by Crippen LogP contribution is -2.70. The third-order valence-electron chi connectivity index (χ3n) is 6.05. The van der Waals surface area contributed by atoms with Crippen molar-refractivity contribution in [2.75, 3.05) is 18.0 Å². The minimum atomic E-state index is -4.05. The Morgan fingerprint density at radius 1 is 1.03 bits per heavy atom. The Balaban J connectivity index is 1.70. The molecule has 0 spiro atoms. The molecule has 0 radical (unpaired) electrons. The van der Waals surface area contributed by atoms with Crippen molar-refractivity contribution in [2.24, 2.45) is 0 Å². The molecular formula is C26H26FN3O4S. The Morgan fingerprint density at radius 2 is 1.71 bits per heavy atom. The predicted octanol–water partition coefficient (Wildman–Crippen LogP) is 3.25. The number of carbonyl (C=O) groups excluding carboxylic acids is 2. The zero-order chi connectivity index (χ0) is 25.2. The Kier molecular flexibility index (Phi) is 6.73. The van der Waals surface area contributed by atoms with Gasteiger partial charge in [0.25, 0.3) is 0 Å². The zero-order valence-corrected chi connectivity index (χ0v) is 20.3. The number of hydrogen-bond donors (Lipinski definition) is 1. The van der Waals surface area contributed by atoms with E-state index >= 15 is 0 Å². The second-order valence-corrected chi connectivity index (χ2v) is 10.7. The van der Waals surface area contributed by atoms with E-state index in [0.29, 0.717) is 0 Å². The van der Waals surface area contributed by atoms with Crippen LogP contribution in [0.15, 0.2) is 83.8 Å². The highest BCUT2D eigenvalue weighted by Gasteiger charge is 2.51. The van der Waals surface area contributed by atoms with E-state index in [4.69, 9.17) is 0 Å². The topological polar surface area (TPSA) is 86.8 Å². The van der Waals surface area contributed by atoms with E-state index in [-0.39, 0.29) is 23.7 Å². The number of carbonyl (C=O) groups is 2. The Bertz CT molecular complexity index is 1350. The van der Waals surface area contributed by atoms with Crippen LogP contribution >= 0.6 is 0 Å². The van der Waals surface area contributed by atoms with Crippen molar-refractivity contribution in [2.45, 2.75) is 30.8 Å². The fourth-order valence-corrected chi connectivity index (χ4v) is 5.68. The van der Waals surface area contributed by atoms with Crippen molar-refractivity contribution in [1.29, 1.82) is 0 Å². The first kappa shape index (κ1) is 24.6. The second kappa shape index (κ2) is 9.59. The molecule has 1 aliphatic heterocycles. The maximum Gasteiger partial charge on any atom is 0.247 e. The Labute approximate surface area is 204 Å². The highest BCUT2D eigenvalue weighted by Crippen LogP contribution is 2.32. The van der Waals surface area contributed by atoms with Crippen molar-refractivity contribution < 1.29 is 22.4 Å². The van der Waals surface area contributed by atoms with Crippen molar-refractivity contribution in [3.05, 3.63) is 95.8 Å². The van der Waals surface area contributed by atoms with Gasteiger partial charge in [0.05, 0.1) is 11.4 Å². The van der Waals surface area contributed by atoms with Crippen LogP contribution in [0.5, 0.6) is 0 Å². The highest BCUT2D eigenvalue weighted by atomic mass is 32.2. The van der Waals surface area contributed by atoms with Crippen LogP contribution in [0, 0.1) is 12.7 Å². The van der Waals surface area contributed by atoms with Crippen LogP contribution in [0.4, 0.5) is 10.1 Å². The summed E-state index contributed by atoms with van der Waals surface area (Å²) in [6.07, 6.45) is 0. The van der Waals surface area contributed by atoms with Crippen molar-refractivity contribution >= 4 is 27.5 Å². The van der Waals surface area contributed by atoms with Gasteiger partial charge in [0, 0.05) is 18.8 Å². The third kappa shape index (κ3) is 4.96. The summed E-state index contributed by atoms with van der Waals surface area (Å²) in [5, 5.41) is 2.83. The number of anilines is 1. The van der Waals surface area contributed by atoms with Gasteiger partial charge in [0.2, 0.25) is 21.8 Å². The number of nitrogens with zero attached hydrogens (tertiary/aromatic N) is 2. The summed E-state index contributed by atoms with van der Waals surface area (Å²) in [5.41, 5.74) is 0.472. The minimum Gasteiger partial charge on any atom is -0.350 e. The number of rotatable bonds is 6. The smallest absolute Gasteiger partial charge is 0.247 e. The van der Waals surface area contributed by atoms with Crippen LogP contribution < -0.4 is 10.2 Å². The maximum atomic E-state index is 14.0. The molecular weight excluding hydrogens is 469 g/mol. The normalized spacial score (nSPS) is 18.9. The molecule has 1 unspecified atom stereocenters. The average Bonchev–Trinajstić information content (AvgIpc) is 2.83. The molecule has 0 aliphatic carbocycles. The molecule has 3 aromatic carbocycles. The lowest BCUT2D eigenvalue weighted by Gasteiger charge is -2.46. The number of nitrogens with one attached hydrogen (secondary N) is 1. The van der Waals surface area contributed by atoms with E-state index in [9.17, 15) is 22.4 Å². The molecule has 1 saturated heterocycles. The van der Waals surface area contributed by atoms with Gasteiger partial charge >= 0.3 is 0 Å². The molecule has 0 bridgehead atoms. The highest BCUT2D eigenvalue weighted by molar-refractivity contribution is 7.89. The summed E-state index contributed by atoms with van der Waals surface area (Å²) in [7, 11) is -4.05. The lowest BCUT2D eigenvalue weighted by molar-refractivity contribution is -0.133. The van der Waals surface area contributed by atoms with Gasteiger partial charge < -0.3 is 5.32 Å². The molecule has 9 heteroatoms. The summed E-state index contributed by atoms with van der Waals surface area (Å²) in [4.78, 5) is 28.1. The summed E-state index contributed by atoms with van der Waals surface area (Å²) < 4.78 is 41.7. The molecule has 0 saturated carbocycles. The van der Waals surface area contributed by atoms with Crippen molar-refractivity contribution in [3.8, 4) is 0 Å². The molecule has 35 heavy (non-hydrogen) atoms. The van der Waals surface area contributed by atoms with Gasteiger partial charge in [-0.1, -0.05) is 54.1 Å². The maximum absolute atomic E-state index is 14.0. The Morgan fingerprint density at radius 3 is 2.37 bits per heavy atom. The van der Waals surface area contributed by atoms with Gasteiger partial charge in [-0.25, -0.2) is 12.8 Å². The number of piperazine rings is 1. The number of sulfonamides is 1. The molecule has 1 atom stereocenters. The first-order chi connectivity index (χ1) is 16.6. The van der Waals surface area contributed by atoms with Gasteiger partial charge in [-0.3, -0.25) is 14.5 Å². The molecule has 182 valence electrons. The Hall–Kier alpha value is -3.56. The summed E-state index contributed by atoms with van der Waals surface area (Å²) >= 11 is 0. The van der Waals surface area contributed by atoms with Crippen LogP contribution in [-0.2, 0) is 26.2 Å². The molecule has 1 fully saturated rings. The van der Waals surface area contributed by atoms with Crippen molar-refractivity contribution in [3.63, 3.8) is 0 Å². The number of aryl methyl sites for hydroxylation is 1.